The van der Waals surface area contributed by atoms with Crippen molar-refractivity contribution in [2.45, 2.75) is 41.7 Å². The summed E-state index contributed by atoms with van der Waals surface area (Å²) in [5.41, 5.74) is 0.398. The number of nitrogens with one attached hydrogen (secondary N) is 1. The molecule has 0 radical (unpaired) electrons. The van der Waals surface area contributed by atoms with Crippen LogP contribution in [-0.2, 0) is 36.9 Å². The molecule has 0 bridgehead atoms. The summed E-state index contributed by atoms with van der Waals surface area (Å²) in [6.07, 6.45) is 3.92. The summed E-state index contributed by atoms with van der Waals surface area (Å²) in [4.78, 5) is 40.8. The van der Waals surface area contributed by atoms with E-state index in [1.807, 2.05) is 54.6 Å². The molecule has 0 unspecified atom stereocenters. The summed E-state index contributed by atoms with van der Waals surface area (Å²) in [6, 6.07) is 15.8. The smallest absolute Gasteiger partial charge is 0.307 e. The molecule has 37 heavy (non-hydrogen) atoms. The van der Waals surface area contributed by atoms with Gasteiger partial charge in [-0.1, -0.05) is 71.1 Å². The van der Waals surface area contributed by atoms with Crippen LogP contribution in [0.25, 0.3) is 0 Å². The maximum Gasteiger partial charge on any atom is 0.307 e. The number of hydrogen-bond donors (Lipinski definition) is 1. The molecule has 2 amide bonds. The third kappa shape index (κ3) is 5.42. The number of amides is 2. The number of hydrogen-bond acceptors (Lipinski definition) is 6. The summed E-state index contributed by atoms with van der Waals surface area (Å²) in [6.45, 7) is 5.61. The second-order valence-electron chi connectivity index (χ2n) is 8.93. The molecule has 0 aromatic heterocycles. The first-order chi connectivity index (χ1) is 17.8. The first kappa shape index (κ1) is 26.9. The van der Waals surface area contributed by atoms with Crippen molar-refractivity contribution in [3.63, 3.8) is 0 Å². The first-order valence-corrected chi connectivity index (χ1v) is 13.1. The summed E-state index contributed by atoms with van der Waals surface area (Å²) in [5, 5.41) is 2.98. The zero-order valence-electron chi connectivity index (χ0n) is 20.6. The lowest BCUT2D eigenvalue weighted by molar-refractivity contribution is -0.140. The fourth-order valence-corrected chi connectivity index (χ4v) is 6.21. The van der Waals surface area contributed by atoms with E-state index in [2.05, 4.69) is 34.5 Å². The highest BCUT2D eigenvalue weighted by Gasteiger charge is 2.68. The normalized spacial score (nSPS) is 26.7. The van der Waals surface area contributed by atoms with Gasteiger partial charge in [0.05, 0.1) is 29.3 Å². The lowest BCUT2D eigenvalue weighted by atomic mass is 9.84. The number of methoxy groups -OCH3 is 1. The predicted octanol–water partition coefficient (Wildman–Crippen LogP) is 3.54. The number of benzene rings is 2. The molecule has 5 atom stereocenters. The average molecular weight is 616 g/mol. The molecule has 9 heteroatoms. The molecule has 2 fully saturated rings. The Hall–Kier alpha value is -3.18. The molecule has 4 rings (SSSR count). The molecule has 2 saturated heterocycles. The largest absolute Gasteiger partial charge is 0.497 e. The number of rotatable bonds is 9. The Morgan fingerprint density at radius 1 is 1.16 bits per heavy atom. The van der Waals surface area contributed by atoms with Crippen LogP contribution < -0.4 is 10.1 Å². The minimum absolute atomic E-state index is 0.192. The molecule has 2 aliphatic rings. The highest BCUT2D eigenvalue weighted by Crippen LogP contribution is 2.51. The lowest BCUT2D eigenvalue weighted by Gasteiger charge is -2.34. The van der Waals surface area contributed by atoms with Gasteiger partial charge in [0.25, 0.3) is 0 Å². The van der Waals surface area contributed by atoms with Crippen molar-refractivity contribution in [2.75, 3.05) is 7.11 Å². The molecule has 2 aliphatic heterocycles. The molecular weight excluding hydrogens is 587 g/mol. The average Bonchev–Trinajstić information content (AvgIpc) is 3.31. The first-order valence-electron chi connectivity index (χ1n) is 11.8. The van der Waals surface area contributed by atoms with Crippen LogP contribution in [-0.4, -0.2) is 51.5 Å². The van der Waals surface area contributed by atoms with Crippen molar-refractivity contribution in [3.8, 4) is 5.75 Å². The molecule has 2 heterocycles. The second-order valence-corrected chi connectivity index (χ2v) is 10.4. The van der Waals surface area contributed by atoms with Crippen molar-refractivity contribution < 1.29 is 28.6 Å². The number of alkyl halides is 1. The number of carbonyl (C=O) groups excluding carboxylic acids is 3. The van der Waals surface area contributed by atoms with Crippen molar-refractivity contribution in [3.05, 3.63) is 90.7 Å². The van der Waals surface area contributed by atoms with Gasteiger partial charge >= 0.3 is 5.97 Å². The van der Waals surface area contributed by atoms with E-state index < -0.39 is 29.6 Å². The van der Waals surface area contributed by atoms with Crippen molar-refractivity contribution in [2.24, 2.45) is 5.92 Å². The fourth-order valence-electron chi connectivity index (χ4n) is 4.90. The van der Waals surface area contributed by atoms with Crippen LogP contribution in [0, 0.1) is 5.92 Å². The van der Waals surface area contributed by atoms with Crippen LogP contribution in [0.4, 0.5) is 0 Å². The number of fused-ring (bicyclic) bond motifs is 1. The number of esters is 1. The van der Waals surface area contributed by atoms with Gasteiger partial charge in [-0.15, -0.1) is 6.58 Å². The third-order valence-electron chi connectivity index (χ3n) is 6.61. The zero-order valence-corrected chi connectivity index (χ0v) is 22.8. The van der Waals surface area contributed by atoms with Crippen LogP contribution >= 0.6 is 22.6 Å². The predicted molar refractivity (Wildman–Crippen MR) is 146 cm³/mol. The van der Waals surface area contributed by atoms with Gasteiger partial charge in [-0.3, -0.25) is 14.4 Å². The molecule has 1 N–H and O–H groups in total. The van der Waals surface area contributed by atoms with Crippen LogP contribution in [0.2, 0.25) is 0 Å². The van der Waals surface area contributed by atoms with Gasteiger partial charge in [-0.25, -0.2) is 0 Å². The minimum atomic E-state index is -1.36. The SMILES string of the molecule is C=C[C@@H]1O[C@@]2(C=COC(C)=O)[C@H](C(=O)NCc3ccccc3)N(Cc3ccc(OC)cc3)C(=O)[C@H]2[C@@H]1I. The van der Waals surface area contributed by atoms with Gasteiger partial charge in [0.15, 0.2) is 0 Å². The standard InChI is InChI=1S/C28H29IN2O6/c1-4-22-24(29)23-27(34)31(17-20-10-12-21(35-3)13-11-20)25(28(23,37-22)14-15-36-18(2)32)26(33)30-16-19-8-6-5-7-9-19/h4-15,22-25H,1,16-17H2,2-3H3,(H,30,33)/t22-,23+,24+,25-,28+/m0/s1. The van der Waals surface area contributed by atoms with Crippen LogP contribution in [0.15, 0.2) is 79.6 Å². The second kappa shape index (κ2) is 11.5. The molecular formula is C28H29IN2O6. The van der Waals surface area contributed by atoms with E-state index in [4.69, 9.17) is 14.2 Å². The minimum Gasteiger partial charge on any atom is -0.497 e. The van der Waals surface area contributed by atoms with Crippen molar-refractivity contribution >= 4 is 40.4 Å². The highest BCUT2D eigenvalue weighted by atomic mass is 127. The van der Waals surface area contributed by atoms with E-state index in [1.54, 1.807) is 18.1 Å². The van der Waals surface area contributed by atoms with Gasteiger partial charge in [0.2, 0.25) is 11.8 Å². The Kier molecular flexibility index (Phi) is 8.33. The van der Waals surface area contributed by atoms with E-state index in [-0.39, 0.29) is 28.8 Å². The lowest BCUT2D eigenvalue weighted by Crippen LogP contribution is -2.55. The van der Waals surface area contributed by atoms with Crippen LogP contribution in [0.1, 0.15) is 18.1 Å². The zero-order chi connectivity index (χ0) is 26.6. The highest BCUT2D eigenvalue weighted by molar-refractivity contribution is 14.1. The van der Waals surface area contributed by atoms with E-state index >= 15 is 0 Å². The van der Waals surface area contributed by atoms with E-state index in [0.717, 1.165) is 11.1 Å². The molecule has 0 aliphatic carbocycles. The van der Waals surface area contributed by atoms with Crippen molar-refractivity contribution in [1.29, 1.82) is 0 Å². The Morgan fingerprint density at radius 3 is 2.49 bits per heavy atom. The summed E-state index contributed by atoms with van der Waals surface area (Å²) in [7, 11) is 1.58. The Balaban J connectivity index is 1.73. The summed E-state index contributed by atoms with van der Waals surface area (Å²) in [5.74, 6) is -1.09. The fraction of sp³-hybridized carbons (Fsp3) is 0.321. The molecule has 2 aromatic carbocycles. The molecule has 0 spiro atoms. The quantitative estimate of drug-likeness (QED) is 0.152. The Bertz CT molecular complexity index is 1180. The maximum absolute atomic E-state index is 13.9. The number of likely N-dealkylation sites (tertiary alicyclic amines) is 1. The number of carbonyl (C=O) groups is 3. The maximum atomic E-state index is 13.9. The number of ether oxygens (including phenoxy) is 3. The molecule has 194 valence electrons. The molecule has 0 saturated carbocycles. The van der Waals surface area contributed by atoms with Crippen LogP contribution in [0.3, 0.4) is 0 Å². The van der Waals surface area contributed by atoms with Crippen molar-refractivity contribution in [1.82, 2.24) is 10.2 Å². The van der Waals surface area contributed by atoms with E-state index in [9.17, 15) is 14.4 Å². The monoisotopic (exact) mass is 616 g/mol. The number of halogens is 1. The topological polar surface area (TPSA) is 94.2 Å². The summed E-state index contributed by atoms with van der Waals surface area (Å²) < 4.78 is 16.5. The Labute approximate surface area is 229 Å². The third-order valence-corrected chi connectivity index (χ3v) is 8.04. The number of nitrogens with zero attached hydrogens (tertiary/aromatic N) is 1. The Morgan fingerprint density at radius 2 is 1.86 bits per heavy atom. The van der Waals surface area contributed by atoms with Gasteiger partial charge in [0.1, 0.15) is 17.4 Å². The van der Waals surface area contributed by atoms with Gasteiger partial charge in [-0.05, 0) is 29.3 Å². The molecule has 8 nitrogen and oxygen atoms in total. The van der Waals surface area contributed by atoms with E-state index in [0.29, 0.717) is 5.75 Å². The molecule has 2 aromatic rings. The van der Waals surface area contributed by atoms with Gasteiger partial charge in [-0.2, -0.15) is 0 Å². The van der Waals surface area contributed by atoms with Gasteiger partial charge < -0.3 is 24.4 Å². The summed E-state index contributed by atoms with van der Waals surface area (Å²) >= 11 is 2.18. The van der Waals surface area contributed by atoms with Gasteiger partial charge in [0, 0.05) is 20.0 Å². The van der Waals surface area contributed by atoms with E-state index in [1.165, 1.54) is 19.3 Å². The van der Waals surface area contributed by atoms with Crippen LogP contribution in [0.5, 0.6) is 5.75 Å².